The summed E-state index contributed by atoms with van der Waals surface area (Å²) in [5, 5.41) is 6.01. The number of hydrogen-bond acceptors (Lipinski definition) is 3. The van der Waals surface area contributed by atoms with E-state index in [2.05, 4.69) is 10.6 Å². The summed E-state index contributed by atoms with van der Waals surface area (Å²) >= 11 is 4.99. The maximum atomic E-state index is 11.6. The summed E-state index contributed by atoms with van der Waals surface area (Å²) in [6, 6.07) is 6.15. The zero-order valence-corrected chi connectivity index (χ0v) is 11.1. The summed E-state index contributed by atoms with van der Waals surface area (Å²) < 4.78 is 0. The smallest absolute Gasteiger partial charge is 0.239 e. The lowest BCUT2D eigenvalue weighted by Gasteiger charge is -2.12. The standard InChI is InChI=1S/C13H17N3OS/c1-8-2-5-10(13(14)18)11(6-8)15-7-12(17)16-9-3-4-9/h2,5-6,9,15H,3-4,7H2,1H3,(H2,14,18)(H,16,17). The van der Waals surface area contributed by atoms with Crippen molar-refractivity contribution < 1.29 is 4.79 Å². The highest BCUT2D eigenvalue weighted by Crippen LogP contribution is 2.19. The first-order valence-corrected chi connectivity index (χ1v) is 6.41. The van der Waals surface area contributed by atoms with Crippen molar-refractivity contribution in [3.63, 3.8) is 0 Å². The van der Waals surface area contributed by atoms with Gasteiger partial charge in [0.2, 0.25) is 5.91 Å². The zero-order chi connectivity index (χ0) is 13.1. The number of carbonyl (C=O) groups excluding carboxylic acids is 1. The van der Waals surface area contributed by atoms with Crippen molar-refractivity contribution in [2.75, 3.05) is 11.9 Å². The molecule has 4 N–H and O–H groups in total. The minimum Gasteiger partial charge on any atom is -0.389 e. The molecule has 0 unspecified atom stereocenters. The monoisotopic (exact) mass is 263 g/mol. The molecule has 0 atom stereocenters. The van der Waals surface area contributed by atoms with Gasteiger partial charge in [0.15, 0.2) is 0 Å². The van der Waals surface area contributed by atoms with Gasteiger partial charge in [-0.25, -0.2) is 0 Å². The highest BCUT2D eigenvalue weighted by Gasteiger charge is 2.22. The van der Waals surface area contributed by atoms with Gasteiger partial charge in [-0.3, -0.25) is 4.79 Å². The van der Waals surface area contributed by atoms with Crippen LogP contribution in [0.5, 0.6) is 0 Å². The predicted molar refractivity (Wildman–Crippen MR) is 76.7 cm³/mol. The minimum absolute atomic E-state index is 0.00731. The molecule has 0 bridgehead atoms. The molecule has 0 aliphatic heterocycles. The fourth-order valence-electron chi connectivity index (χ4n) is 1.70. The molecule has 18 heavy (non-hydrogen) atoms. The number of amides is 1. The van der Waals surface area contributed by atoms with Crippen molar-refractivity contribution in [3.8, 4) is 0 Å². The molecule has 5 heteroatoms. The van der Waals surface area contributed by atoms with E-state index in [-0.39, 0.29) is 12.5 Å². The normalized spacial score (nSPS) is 14.1. The molecule has 0 saturated heterocycles. The summed E-state index contributed by atoms with van der Waals surface area (Å²) in [4.78, 5) is 11.9. The first-order valence-electron chi connectivity index (χ1n) is 6.00. The molecule has 1 saturated carbocycles. The molecule has 0 radical (unpaired) electrons. The van der Waals surface area contributed by atoms with E-state index < -0.39 is 0 Å². The Morgan fingerprint density at radius 2 is 2.22 bits per heavy atom. The van der Waals surface area contributed by atoms with Crippen molar-refractivity contribution in [1.82, 2.24) is 5.32 Å². The molecule has 1 aromatic rings. The first kappa shape index (κ1) is 12.8. The van der Waals surface area contributed by atoms with Crippen molar-refractivity contribution in [3.05, 3.63) is 29.3 Å². The summed E-state index contributed by atoms with van der Waals surface area (Å²) in [5.74, 6) is 0.00731. The van der Waals surface area contributed by atoms with Crippen molar-refractivity contribution in [2.45, 2.75) is 25.8 Å². The van der Waals surface area contributed by atoms with Crippen LogP contribution in [-0.4, -0.2) is 23.5 Å². The Kier molecular flexibility index (Phi) is 3.81. The predicted octanol–water partition coefficient (Wildman–Crippen LogP) is 1.32. The molecule has 1 aliphatic rings. The first-order chi connectivity index (χ1) is 8.56. The van der Waals surface area contributed by atoms with Gasteiger partial charge in [0.1, 0.15) is 4.99 Å². The largest absolute Gasteiger partial charge is 0.389 e. The average Bonchev–Trinajstić information content (AvgIpc) is 3.10. The van der Waals surface area contributed by atoms with Crippen molar-refractivity contribution in [1.29, 1.82) is 0 Å². The second-order valence-electron chi connectivity index (χ2n) is 4.61. The molecule has 1 amide bonds. The van der Waals surface area contributed by atoms with Crippen LogP contribution >= 0.6 is 12.2 Å². The third-order valence-corrected chi connectivity index (χ3v) is 3.04. The van der Waals surface area contributed by atoms with Gasteiger partial charge in [0.05, 0.1) is 6.54 Å². The number of benzene rings is 1. The molecule has 2 rings (SSSR count). The van der Waals surface area contributed by atoms with E-state index in [0.29, 0.717) is 11.0 Å². The number of nitrogens with one attached hydrogen (secondary N) is 2. The summed E-state index contributed by atoms with van der Waals surface area (Å²) in [6.07, 6.45) is 2.18. The van der Waals surface area contributed by atoms with Gasteiger partial charge in [-0.05, 0) is 37.5 Å². The van der Waals surface area contributed by atoms with Gasteiger partial charge in [-0.15, -0.1) is 0 Å². The number of aryl methyl sites for hydroxylation is 1. The van der Waals surface area contributed by atoms with Crippen LogP contribution in [0.25, 0.3) is 0 Å². The van der Waals surface area contributed by atoms with Gasteiger partial charge in [0.25, 0.3) is 0 Å². The molecule has 96 valence electrons. The lowest BCUT2D eigenvalue weighted by atomic mass is 10.1. The Morgan fingerprint density at radius 1 is 1.50 bits per heavy atom. The Morgan fingerprint density at radius 3 is 2.83 bits per heavy atom. The van der Waals surface area contributed by atoms with Gasteiger partial charge in [-0.1, -0.05) is 18.3 Å². The molecule has 0 heterocycles. The highest BCUT2D eigenvalue weighted by molar-refractivity contribution is 7.80. The third kappa shape index (κ3) is 3.43. The lowest BCUT2D eigenvalue weighted by molar-refractivity contribution is -0.119. The Bertz CT molecular complexity index is 483. The van der Waals surface area contributed by atoms with Crippen molar-refractivity contribution in [2.24, 2.45) is 5.73 Å². The van der Waals surface area contributed by atoms with E-state index in [1.54, 1.807) is 0 Å². The molecule has 0 spiro atoms. The average molecular weight is 263 g/mol. The second-order valence-corrected chi connectivity index (χ2v) is 5.05. The fraction of sp³-hybridized carbons (Fsp3) is 0.385. The summed E-state index contributed by atoms with van der Waals surface area (Å²) in [5.41, 5.74) is 8.34. The molecular weight excluding hydrogens is 246 g/mol. The number of carbonyl (C=O) groups is 1. The zero-order valence-electron chi connectivity index (χ0n) is 10.3. The Labute approximate surface area is 112 Å². The number of anilines is 1. The number of thiocarbonyl (C=S) groups is 1. The van der Waals surface area contributed by atoms with Crippen LogP contribution in [0.1, 0.15) is 24.0 Å². The summed E-state index contributed by atoms with van der Waals surface area (Å²) in [6.45, 7) is 2.23. The van der Waals surface area contributed by atoms with E-state index in [1.807, 2.05) is 25.1 Å². The quantitative estimate of drug-likeness (QED) is 0.701. The molecule has 1 aromatic carbocycles. The molecular formula is C13H17N3OS. The minimum atomic E-state index is 0.00731. The molecule has 0 aromatic heterocycles. The van der Waals surface area contributed by atoms with Crippen LogP contribution in [-0.2, 0) is 4.79 Å². The van der Waals surface area contributed by atoms with E-state index >= 15 is 0 Å². The Hall–Kier alpha value is -1.62. The van der Waals surface area contributed by atoms with Crippen LogP contribution < -0.4 is 16.4 Å². The SMILES string of the molecule is Cc1ccc(C(N)=S)c(NCC(=O)NC2CC2)c1. The fourth-order valence-corrected chi connectivity index (χ4v) is 1.88. The van der Waals surface area contributed by atoms with Gasteiger partial charge in [0, 0.05) is 17.3 Å². The van der Waals surface area contributed by atoms with Gasteiger partial charge >= 0.3 is 0 Å². The Balaban J connectivity index is 2.00. The maximum absolute atomic E-state index is 11.6. The van der Waals surface area contributed by atoms with E-state index in [9.17, 15) is 4.79 Å². The lowest BCUT2D eigenvalue weighted by Crippen LogP contribution is -2.31. The molecule has 1 aliphatic carbocycles. The number of rotatable bonds is 5. The van der Waals surface area contributed by atoms with E-state index in [1.165, 1.54) is 0 Å². The third-order valence-electron chi connectivity index (χ3n) is 2.82. The maximum Gasteiger partial charge on any atom is 0.239 e. The van der Waals surface area contributed by atoms with Crippen molar-refractivity contribution >= 4 is 28.8 Å². The van der Waals surface area contributed by atoms with Crippen LogP contribution in [0.15, 0.2) is 18.2 Å². The van der Waals surface area contributed by atoms with Crippen LogP contribution in [0.4, 0.5) is 5.69 Å². The highest BCUT2D eigenvalue weighted by atomic mass is 32.1. The van der Waals surface area contributed by atoms with Crippen LogP contribution in [0.3, 0.4) is 0 Å². The molecule has 4 nitrogen and oxygen atoms in total. The van der Waals surface area contributed by atoms with E-state index in [4.69, 9.17) is 18.0 Å². The number of hydrogen-bond donors (Lipinski definition) is 3. The van der Waals surface area contributed by atoms with Gasteiger partial charge in [-0.2, -0.15) is 0 Å². The van der Waals surface area contributed by atoms with Crippen LogP contribution in [0, 0.1) is 6.92 Å². The number of nitrogens with two attached hydrogens (primary N) is 1. The van der Waals surface area contributed by atoms with Crippen LogP contribution in [0.2, 0.25) is 0 Å². The topological polar surface area (TPSA) is 67.1 Å². The second kappa shape index (κ2) is 5.35. The molecule has 1 fully saturated rings. The van der Waals surface area contributed by atoms with E-state index in [0.717, 1.165) is 29.7 Å². The summed E-state index contributed by atoms with van der Waals surface area (Å²) in [7, 11) is 0. The van der Waals surface area contributed by atoms with Gasteiger partial charge < -0.3 is 16.4 Å².